The van der Waals surface area contributed by atoms with Gasteiger partial charge in [0.2, 0.25) is 5.91 Å². The monoisotopic (exact) mass is 380 g/mol. The second-order valence-electron chi connectivity index (χ2n) is 5.80. The summed E-state index contributed by atoms with van der Waals surface area (Å²) in [5.41, 5.74) is 3.76. The van der Waals surface area contributed by atoms with Crippen LogP contribution in [0.25, 0.3) is 10.2 Å². The van der Waals surface area contributed by atoms with Gasteiger partial charge in [-0.2, -0.15) is 0 Å². The molecule has 2 aromatic carbocycles. The highest BCUT2D eigenvalue weighted by Crippen LogP contribution is 2.28. The molecule has 0 spiro atoms. The normalized spacial score (nSPS) is 10.8. The van der Waals surface area contributed by atoms with Crippen molar-refractivity contribution >= 4 is 54.7 Å². The van der Waals surface area contributed by atoms with Crippen LogP contribution in [0, 0.1) is 6.92 Å². The van der Waals surface area contributed by atoms with E-state index in [1.165, 1.54) is 22.7 Å². The zero-order valence-corrected chi connectivity index (χ0v) is 15.7. The van der Waals surface area contributed by atoms with Crippen molar-refractivity contribution < 1.29 is 4.79 Å². The number of carbonyl (C=O) groups is 1. The minimum absolute atomic E-state index is 0.113. The number of carbonyl (C=O) groups excluding carboxylic acids is 1. The summed E-state index contributed by atoms with van der Waals surface area (Å²) in [4.78, 5) is 21.3. The minimum Gasteiger partial charge on any atom is -0.332 e. The maximum Gasteiger partial charge on any atom is 0.232 e. The molecule has 0 saturated heterocycles. The lowest BCUT2D eigenvalue weighted by Crippen LogP contribution is -2.14. The number of para-hydroxylation sites is 2. The van der Waals surface area contributed by atoms with Crippen LogP contribution in [0.4, 0.5) is 16.0 Å². The van der Waals surface area contributed by atoms with Crippen LogP contribution in [0.15, 0.2) is 53.9 Å². The van der Waals surface area contributed by atoms with Crippen LogP contribution < -0.4 is 10.6 Å². The molecule has 4 aromatic rings. The largest absolute Gasteiger partial charge is 0.332 e. The highest BCUT2D eigenvalue weighted by atomic mass is 32.1. The lowest BCUT2D eigenvalue weighted by atomic mass is 10.2. The van der Waals surface area contributed by atoms with Crippen molar-refractivity contribution in [2.24, 2.45) is 0 Å². The molecule has 2 N–H and O–H groups in total. The molecule has 2 aromatic heterocycles. The minimum atomic E-state index is -0.113. The number of amides is 1. The van der Waals surface area contributed by atoms with Gasteiger partial charge in [-0.15, -0.1) is 11.3 Å². The van der Waals surface area contributed by atoms with Gasteiger partial charge in [0.05, 0.1) is 22.3 Å². The SMILES string of the molecule is Cc1cccc2sc(NC(=O)Cc3csc(Nc4ccccc4)n3)nc12. The average molecular weight is 380 g/mol. The van der Waals surface area contributed by atoms with Crippen molar-refractivity contribution in [1.29, 1.82) is 0 Å². The molecule has 0 bridgehead atoms. The summed E-state index contributed by atoms with van der Waals surface area (Å²) in [6.45, 7) is 2.02. The van der Waals surface area contributed by atoms with Crippen LogP contribution in [0.1, 0.15) is 11.3 Å². The van der Waals surface area contributed by atoms with Crippen molar-refractivity contribution in [3.8, 4) is 0 Å². The van der Waals surface area contributed by atoms with Gasteiger partial charge in [-0.3, -0.25) is 4.79 Å². The van der Waals surface area contributed by atoms with E-state index in [9.17, 15) is 4.79 Å². The molecular weight excluding hydrogens is 364 g/mol. The van der Waals surface area contributed by atoms with Crippen LogP contribution in [-0.4, -0.2) is 15.9 Å². The number of nitrogens with zero attached hydrogens (tertiary/aromatic N) is 2. The first-order valence-electron chi connectivity index (χ1n) is 8.10. The number of benzene rings is 2. The summed E-state index contributed by atoms with van der Waals surface area (Å²) in [6, 6.07) is 15.9. The number of fused-ring (bicyclic) bond motifs is 1. The third kappa shape index (κ3) is 3.74. The summed E-state index contributed by atoms with van der Waals surface area (Å²) in [5, 5.41) is 9.41. The van der Waals surface area contributed by atoms with Gasteiger partial charge in [-0.1, -0.05) is 41.7 Å². The molecule has 1 amide bonds. The molecule has 0 aliphatic carbocycles. The van der Waals surface area contributed by atoms with E-state index in [0.29, 0.717) is 5.13 Å². The molecule has 0 unspecified atom stereocenters. The average Bonchev–Trinajstić information content (AvgIpc) is 3.23. The second-order valence-corrected chi connectivity index (χ2v) is 7.69. The van der Waals surface area contributed by atoms with E-state index < -0.39 is 0 Å². The van der Waals surface area contributed by atoms with Gasteiger partial charge in [0.25, 0.3) is 0 Å². The van der Waals surface area contributed by atoms with Crippen LogP contribution in [0.5, 0.6) is 0 Å². The van der Waals surface area contributed by atoms with E-state index in [-0.39, 0.29) is 12.3 Å². The van der Waals surface area contributed by atoms with E-state index in [1.54, 1.807) is 0 Å². The molecule has 2 heterocycles. The van der Waals surface area contributed by atoms with E-state index in [2.05, 4.69) is 20.6 Å². The molecule has 0 radical (unpaired) electrons. The van der Waals surface area contributed by atoms with E-state index >= 15 is 0 Å². The fraction of sp³-hybridized carbons (Fsp3) is 0.105. The number of thiazole rings is 2. The maximum absolute atomic E-state index is 12.3. The third-order valence-corrected chi connectivity index (χ3v) is 5.53. The fourth-order valence-corrected chi connectivity index (χ4v) is 4.25. The quantitative estimate of drug-likeness (QED) is 0.512. The van der Waals surface area contributed by atoms with Gasteiger partial charge in [0, 0.05) is 11.1 Å². The van der Waals surface area contributed by atoms with E-state index in [4.69, 9.17) is 0 Å². The van der Waals surface area contributed by atoms with Crippen LogP contribution >= 0.6 is 22.7 Å². The fourth-order valence-electron chi connectivity index (χ4n) is 2.56. The smallest absolute Gasteiger partial charge is 0.232 e. The van der Waals surface area contributed by atoms with Crippen LogP contribution in [0.2, 0.25) is 0 Å². The molecule has 0 aliphatic heterocycles. The molecule has 5 nitrogen and oxygen atoms in total. The topological polar surface area (TPSA) is 66.9 Å². The number of aryl methyl sites for hydroxylation is 1. The number of hydrogen-bond acceptors (Lipinski definition) is 6. The summed E-state index contributed by atoms with van der Waals surface area (Å²) < 4.78 is 1.07. The van der Waals surface area contributed by atoms with Crippen LogP contribution in [-0.2, 0) is 11.2 Å². The molecule has 26 heavy (non-hydrogen) atoms. The van der Waals surface area contributed by atoms with Gasteiger partial charge in [0.15, 0.2) is 10.3 Å². The van der Waals surface area contributed by atoms with Gasteiger partial charge in [-0.05, 0) is 30.7 Å². The zero-order valence-electron chi connectivity index (χ0n) is 14.0. The first-order chi connectivity index (χ1) is 12.7. The van der Waals surface area contributed by atoms with E-state index in [0.717, 1.165) is 32.3 Å². The molecule has 0 aliphatic rings. The van der Waals surface area contributed by atoms with Crippen molar-refractivity contribution in [3.05, 3.63) is 65.2 Å². The van der Waals surface area contributed by atoms with E-state index in [1.807, 2.05) is 60.8 Å². The Morgan fingerprint density at radius 3 is 2.69 bits per heavy atom. The van der Waals surface area contributed by atoms with Crippen molar-refractivity contribution in [2.75, 3.05) is 10.6 Å². The van der Waals surface area contributed by atoms with Gasteiger partial charge < -0.3 is 10.6 Å². The van der Waals surface area contributed by atoms with Crippen molar-refractivity contribution in [3.63, 3.8) is 0 Å². The first-order valence-corrected chi connectivity index (χ1v) is 9.79. The molecule has 4 rings (SSSR count). The number of anilines is 3. The molecular formula is C19H16N4OS2. The third-order valence-electron chi connectivity index (χ3n) is 3.79. The molecule has 0 saturated carbocycles. The Labute approximate surface area is 158 Å². The number of hydrogen-bond donors (Lipinski definition) is 2. The second kappa shape index (κ2) is 7.23. The molecule has 0 atom stereocenters. The standard InChI is InChI=1S/C19H16N4OS2/c1-12-6-5-9-15-17(12)23-19(26-15)22-16(24)10-14-11-25-18(21-14)20-13-7-3-2-4-8-13/h2-9,11H,10H2,1H3,(H,20,21)(H,22,23,24). The van der Waals surface area contributed by atoms with Crippen LogP contribution in [0.3, 0.4) is 0 Å². The molecule has 7 heteroatoms. The first kappa shape index (κ1) is 16.7. The number of aromatic nitrogens is 2. The Balaban J connectivity index is 1.41. The summed E-state index contributed by atoms with van der Waals surface area (Å²) in [6.07, 6.45) is 0.224. The Kier molecular flexibility index (Phi) is 4.64. The Morgan fingerprint density at radius 1 is 1.04 bits per heavy atom. The predicted molar refractivity (Wildman–Crippen MR) is 109 cm³/mol. The summed E-state index contributed by atoms with van der Waals surface area (Å²) in [5.74, 6) is -0.113. The van der Waals surface area contributed by atoms with Gasteiger partial charge in [-0.25, -0.2) is 9.97 Å². The van der Waals surface area contributed by atoms with Gasteiger partial charge >= 0.3 is 0 Å². The lowest BCUT2D eigenvalue weighted by molar-refractivity contribution is -0.115. The zero-order chi connectivity index (χ0) is 17.9. The molecule has 0 fully saturated rings. The van der Waals surface area contributed by atoms with Crippen molar-refractivity contribution in [2.45, 2.75) is 13.3 Å². The highest BCUT2D eigenvalue weighted by molar-refractivity contribution is 7.22. The van der Waals surface area contributed by atoms with Gasteiger partial charge in [0.1, 0.15) is 0 Å². The number of nitrogens with one attached hydrogen (secondary N) is 2. The lowest BCUT2D eigenvalue weighted by Gasteiger charge is -2.01. The Bertz CT molecular complexity index is 1060. The predicted octanol–water partition coefficient (Wildman–Crippen LogP) is 4.99. The number of rotatable bonds is 5. The highest BCUT2D eigenvalue weighted by Gasteiger charge is 2.12. The summed E-state index contributed by atoms with van der Waals surface area (Å²) in [7, 11) is 0. The summed E-state index contributed by atoms with van der Waals surface area (Å²) >= 11 is 2.97. The Hall–Kier alpha value is -2.77. The van der Waals surface area contributed by atoms with Crippen molar-refractivity contribution in [1.82, 2.24) is 9.97 Å². The Morgan fingerprint density at radius 2 is 1.88 bits per heavy atom. The maximum atomic E-state index is 12.3. The molecule has 130 valence electrons.